The molecule has 0 bridgehead atoms. The summed E-state index contributed by atoms with van der Waals surface area (Å²) >= 11 is 0. The Balaban J connectivity index is 2.60. The van der Waals surface area contributed by atoms with E-state index < -0.39 is 17.3 Å². The van der Waals surface area contributed by atoms with E-state index in [1.54, 1.807) is 4.90 Å². The van der Waals surface area contributed by atoms with Crippen LogP contribution in [-0.4, -0.2) is 47.4 Å². The normalized spacial score (nSPS) is 23.0. The van der Waals surface area contributed by atoms with Crippen molar-refractivity contribution in [2.45, 2.75) is 72.1 Å². The van der Waals surface area contributed by atoms with E-state index in [2.05, 4.69) is 12.2 Å². The van der Waals surface area contributed by atoms with Gasteiger partial charge in [0.25, 0.3) is 0 Å². The second-order valence-electron chi connectivity index (χ2n) is 7.95. The van der Waals surface area contributed by atoms with Crippen LogP contribution in [0.5, 0.6) is 0 Å². The molecule has 0 aromatic carbocycles. The lowest BCUT2D eigenvalue weighted by atomic mass is 9.94. The molecular formula is C16H30N2O4. The highest BCUT2D eigenvalue weighted by Crippen LogP contribution is 2.20. The van der Waals surface area contributed by atoms with E-state index in [4.69, 9.17) is 9.47 Å². The number of likely N-dealkylation sites (tertiary alicyclic amines) is 1. The number of nitrogens with one attached hydrogen (secondary N) is 1. The number of hydrogen-bond acceptors (Lipinski definition) is 4. The maximum Gasteiger partial charge on any atom is 0.410 e. The fourth-order valence-electron chi connectivity index (χ4n) is 2.21. The van der Waals surface area contributed by atoms with E-state index in [0.29, 0.717) is 13.1 Å². The molecule has 6 heteroatoms. The van der Waals surface area contributed by atoms with Crippen LogP contribution < -0.4 is 5.32 Å². The summed E-state index contributed by atoms with van der Waals surface area (Å²) in [5.41, 5.74) is -1.05. The first-order valence-electron chi connectivity index (χ1n) is 7.85. The number of hydrogen-bond donors (Lipinski definition) is 1. The largest absolute Gasteiger partial charge is 0.444 e. The molecule has 1 saturated heterocycles. The van der Waals surface area contributed by atoms with Crippen LogP contribution in [0.4, 0.5) is 9.59 Å². The van der Waals surface area contributed by atoms with E-state index >= 15 is 0 Å². The third-order valence-electron chi connectivity index (χ3n) is 3.31. The second kappa shape index (κ2) is 6.75. The Morgan fingerprint density at radius 2 is 1.59 bits per heavy atom. The first kappa shape index (κ1) is 18.6. The van der Waals surface area contributed by atoms with Gasteiger partial charge in [-0.15, -0.1) is 0 Å². The van der Waals surface area contributed by atoms with Crippen molar-refractivity contribution in [1.82, 2.24) is 10.2 Å². The molecule has 1 heterocycles. The molecule has 1 fully saturated rings. The number of carbonyl (C=O) groups is 2. The van der Waals surface area contributed by atoms with Crippen LogP contribution in [-0.2, 0) is 9.47 Å². The number of rotatable bonds is 1. The van der Waals surface area contributed by atoms with Gasteiger partial charge in [0, 0.05) is 13.1 Å². The van der Waals surface area contributed by atoms with Crippen LogP contribution in [0.15, 0.2) is 0 Å². The minimum absolute atomic E-state index is 0.129. The lowest BCUT2D eigenvalue weighted by molar-refractivity contribution is 0.0116. The van der Waals surface area contributed by atoms with E-state index in [-0.39, 0.29) is 18.1 Å². The highest BCUT2D eigenvalue weighted by atomic mass is 16.6. The highest BCUT2D eigenvalue weighted by molar-refractivity contribution is 5.70. The molecule has 22 heavy (non-hydrogen) atoms. The number of amides is 2. The van der Waals surface area contributed by atoms with Gasteiger partial charge in [0.2, 0.25) is 0 Å². The number of carbonyl (C=O) groups excluding carboxylic acids is 2. The lowest BCUT2D eigenvalue weighted by Gasteiger charge is -2.38. The molecule has 0 saturated carbocycles. The van der Waals surface area contributed by atoms with Gasteiger partial charge in [0.1, 0.15) is 11.2 Å². The van der Waals surface area contributed by atoms with Gasteiger partial charge in [0.15, 0.2) is 0 Å². The summed E-state index contributed by atoms with van der Waals surface area (Å²) in [4.78, 5) is 25.7. The Morgan fingerprint density at radius 3 is 2.09 bits per heavy atom. The highest BCUT2D eigenvalue weighted by Gasteiger charge is 2.33. The molecular weight excluding hydrogens is 284 g/mol. The minimum Gasteiger partial charge on any atom is -0.444 e. The maximum atomic E-state index is 12.1. The Morgan fingerprint density at radius 1 is 1.05 bits per heavy atom. The van der Waals surface area contributed by atoms with Crippen molar-refractivity contribution in [3.63, 3.8) is 0 Å². The van der Waals surface area contributed by atoms with Crippen LogP contribution in [0, 0.1) is 5.92 Å². The zero-order valence-corrected chi connectivity index (χ0v) is 14.9. The summed E-state index contributed by atoms with van der Waals surface area (Å²) in [5, 5.41) is 2.86. The molecule has 2 atom stereocenters. The summed E-state index contributed by atoms with van der Waals surface area (Å²) in [6, 6.07) is -0.129. The third kappa shape index (κ3) is 6.54. The Hall–Kier alpha value is -1.46. The minimum atomic E-state index is -0.535. The average Bonchev–Trinajstić information content (AvgIpc) is 2.27. The van der Waals surface area contributed by atoms with Crippen molar-refractivity contribution in [3.8, 4) is 0 Å². The summed E-state index contributed by atoms with van der Waals surface area (Å²) in [5.74, 6) is 0.284. The van der Waals surface area contributed by atoms with Gasteiger partial charge in [-0.1, -0.05) is 6.92 Å². The van der Waals surface area contributed by atoms with Crippen molar-refractivity contribution >= 4 is 12.2 Å². The van der Waals surface area contributed by atoms with Gasteiger partial charge in [0.05, 0.1) is 6.04 Å². The Kier molecular flexibility index (Phi) is 5.70. The molecule has 0 aromatic rings. The number of ether oxygens (including phenoxy) is 2. The zero-order valence-electron chi connectivity index (χ0n) is 14.9. The molecule has 0 spiro atoms. The van der Waals surface area contributed by atoms with Gasteiger partial charge >= 0.3 is 12.2 Å². The van der Waals surface area contributed by atoms with Crippen molar-refractivity contribution in [3.05, 3.63) is 0 Å². The number of alkyl carbamates (subject to hydrolysis) is 1. The molecule has 0 unspecified atom stereocenters. The van der Waals surface area contributed by atoms with Crippen LogP contribution in [0.25, 0.3) is 0 Å². The van der Waals surface area contributed by atoms with Gasteiger partial charge in [-0.25, -0.2) is 9.59 Å². The molecule has 0 aromatic heterocycles. The van der Waals surface area contributed by atoms with Gasteiger partial charge in [-0.05, 0) is 53.9 Å². The van der Waals surface area contributed by atoms with E-state index in [9.17, 15) is 9.59 Å². The van der Waals surface area contributed by atoms with Crippen molar-refractivity contribution < 1.29 is 19.1 Å². The smallest absolute Gasteiger partial charge is 0.410 e. The molecule has 6 nitrogen and oxygen atoms in total. The third-order valence-corrected chi connectivity index (χ3v) is 3.31. The first-order chi connectivity index (χ1) is 9.87. The molecule has 1 rings (SSSR count). The number of piperidine rings is 1. The quantitative estimate of drug-likeness (QED) is 0.807. The Bertz CT molecular complexity index is 409. The van der Waals surface area contributed by atoms with Gasteiger partial charge in [-0.2, -0.15) is 0 Å². The lowest BCUT2D eigenvalue weighted by Crippen LogP contribution is -2.54. The van der Waals surface area contributed by atoms with Crippen molar-refractivity contribution in [2.24, 2.45) is 5.92 Å². The number of nitrogens with zero attached hydrogens (tertiary/aromatic N) is 1. The second-order valence-corrected chi connectivity index (χ2v) is 7.95. The van der Waals surface area contributed by atoms with Crippen LogP contribution in [0.1, 0.15) is 54.9 Å². The van der Waals surface area contributed by atoms with Crippen LogP contribution in [0.3, 0.4) is 0 Å². The molecule has 1 N–H and O–H groups in total. The predicted octanol–water partition coefficient (Wildman–Crippen LogP) is 3.16. The predicted molar refractivity (Wildman–Crippen MR) is 84.7 cm³/mol. The summed E-state index contributed by atoms with van der Waals surface area (Å²) in [7, 11) is 0. The van der Waals surface area contributed by atoms with Crippen molar-refractivity contribution in [1.29, 1.82) is 0 Å². The van der Waals surface area contributed by atoms with Crippen LogP contribution in [0.2, 0.25) is 0 Å². The SMILES string of the molecule is C[C@H]1CCN(C(=O)OC(C)(C)C)C[C@H]1NC(=O)OC(C)(C)C. The van der Waals surface area contributed by atoms with Gasteiger partial charge < -0.3 is 19.7 Å². The summed E-state index contributed by atoms with van der Waals surface area (Å²) < 4.78 is 10.7. The molecule has 2 amide bonds. The monoisotopic (exact) mass is 314 g/mol. The maximum absolute atomic E-state index is 12.1. The zero-order chi connectivity index (χ0) is 17.1. The first-order valence-corrected chi connectivity index (χ1v) is 7.85. The molecule has 1 aliphatic heterocycles. The average molecular weight is 314 g/mol. The standard InChI is InChI=1S/C16H30N2O4/c1-11-8-9-18(14(20)22-16(5,6)7)10-12(11)17-13(19)21-15(2,3)4/h11-12H,8-10H2,1-7H3,(H,17,19)/t11-,12+/m0/s1. The van der Waals surface area contributed by atoms with E-state index in [1.165, 1.54) is 0 Å². The van der Waals surface area contributed by atoms with E-state index in [0.717, 1.165) is 6.42 Å². The molecule has 0 aliphatic carbocycles. The van der Waals surface area contributed by atoms with Gasteiger partial charge in [-0.3, -0.25) is 0 Å². The van der Waals surface area contributed by atoms with Crippen LogP contribution >= 0.6 is 0 Å². The Labute approximate surface area is 133 Å². The molecule has 128 valence electrons. The summed E-state index contributed by atoms with van der Waals surface area (Å²) in [6.07, 6.45) is 0.0328. The molecule has 0 radical (unpaired) electrons. The van der Waals surface area contributed by atoms with E-state index in [1.807, 2.05) is 41.5 Å². The fraction of sp³-hybridized carbons (Fsp3) is 0.875. The fourth-order valence-corrected chi connectivity index (χ4v) is 2.21. The molecule has 1 aliphatic rings. The summed E-state index contributed by atoms with van der Waals surface area (Å²) in [6.45, 7) is 14.1. The topological polar surface area (TPSA) is 67.9 Å². The van der Waals surface area contributed by atoms with Crippen molar-refractivity contribution in [2.75, 3.05) is 13.1 Å².